The first-order valence-corrected chi connectivity index (χ1v) is 7.75. The standard InChI is InChI=1S/C15H15ClN2O3S/c1-9-6-11(16)7-10(2)14(9)21-8-13(19)17-18-15(20)12-4-3-5-22-12/h3-7H,8H2,1-2H3,(H,17,19)(H,18,20). The largest absolute Gasteiger partial charge is 0.483 e. The minimum atomic E-state index is -0.446. The number of rotatable bonds is 4. The van der Waals surface area contributed by atoms with Gasteiger partial charge < -0.3 is 4.74 Å². The maximum atomic E-state index is 11.7. The van der Waals surface area contributed by atoms with Crippen molar-refractivity contribution in [2.24, 2.45) is 0 Å². The SMILES string of the molecule is Cc1cc(Cl)cc(C)c1OCC(=O)NNC(=O)c1cccs1. The van der Waals surface area contributed by atoms with Crippen LogP contribution in [0.4, 0.5) is 0 Å². The Morgan fingerprint density at radius 3 is 2.50 bits per heavy atom. The minimum absolute atomic E-state index is 0.200. The number of carbonyl (C=O) groups excluding carboxylic acids is 2. The number of nitrogens with one attached hydrogen (secondary N) is 2. The molecule has 0 aliphatic carbocycles. The lowest BCUT2D eigenvalue weighted by Crippen LogP contribution is -2.43. The summed E-state index contributed by atoms with van der Waals surface area (Å²) < 4.78 is 5.49. The van der Waals surface area contributed by atoms with E-state index in [-0.39, 0.29) is 12.5 Å². The Labute approximate surface area is 137 Å². The fraction of sp³-hybridized carbons (Fsp3) is 0.200. The van der Waals surface area contributed by atoms with E-state index in [4.69, 9.17) is 16.3 Å². The van der Waals surface area contributed by atoms with E-state index in [0.717, 1.165) is 11.1 Å². The van der Waals surface area contributed by atoms with E-state index in [2.05, 4.69) is 10.9 Å². The molecule has 0 unspecified atom stereocenters. The summed E-state index contributed by atoms with van der Waals surface area (Å²) in [4.78, 5) is 23.9. The van der Waals surface area contributed by atoms with Gasteiger partial charge in [-0.1, -0.05) is 17.7 Å². The first-order valence-electron chi connectivity index (χ1n) is 6.49. The van der Waals surface area contributed by atoms with Gasteiger partial charge in [0.25, 0.3) is 11.8 Å². The van der Waals surface area contributed by atoms with Gasteiger partial charge in [-0.25, -0.2) is 0 Å². The van der Waals surface area contributed by atoms with E-state index in [1.165, 1.54) is 11.3 Å². The van der Waals surface area contributed by atoms with Crippen LogP contribution in [0.2, 0.25) is 5.02 Å². The van der Waals surface area contributed by atoms with Crippen molar-refractivity contribution in [3.63, 3.8) is 0 Å². The van der Waals surface area contributed by atoms with Gasteiger partial charge in [0.1, 0.15) is 5.75 Å². The topological polar surface area (TPSA) is 67.4 Å². The molecule has 2 aromatic rings. The molecule has 0 saturated carbocycles. The molecule has 0 spiro atoms. The summed E-state index contributed by atoms with van der Waals surface area (Å²) in [5.74, 6) is -0.190. The molecule has 1 heterocycles. The average Bonchev–Trinajstić information content (AvgIpc) is 2.97. The smallest absolute Gasteiger partial charge is 0.279 e. The summed E-state index contributed by atoms with van der Waals surface area (Å²) in [5, 5.41) is 2.40. The lowest BCUT2D eigenvalue weighted by atomic mass is 10.1. The number of hydrogen-bond donors (Lipinski definition) is 2. The summed E-state index contributed by atoms with van der Waals surface area (Å²) in [6.45, 7) is 3.50. The number of hydrazine groups is 1. The van der Waals surface area contributed by atoms with Crippen molar-refractivity contribution in [1.82, 2.24) is 10.9 Å². The average molecular weight is 339 g/mol. The van der Waals surface area contributed by atoms with Gasteiger partial charge in [0.05, 0.1) is 4.88 Å². The zero-order valence-electron chi connectivity index (χ0n) is 12.1. The number of benzene rings is 1. The number of carbonyl (C=O) groups is 2. The van der Waals surface area contributed by atoms with E-state index >= 15 is 0 Å². The van der Waals surface area contributed by atoms with Crippen LogP contribution in [-0.4, -0.2) is 18.4 Å². The molecule has 2 amide bonds. The second-order valence-corrected chi connectivity index (χ2v) is 6.02. The molecular weight excluding hydrogens is 324 g/mol. The van der Waals surface area contributed by atoms with Crippen molar-refractivity contribution in [2.75, 3.05) is 6.61 Å². The van der Waals surface area contributed by atoms with Crippen LogP contribution < -0.4 is 15.6 Å². The summed E-state index contributed by atoms with van der Waals surface area (Å²) in [6.07, 6.45) is 0. The zero-order valence-corrected chi connectivity index (χ0v) is 13.7. The fourth-order valence-corrected chi connectivity index (χ4v) is 2.84. The van der Waals surface area contributed by atoms with Gasteiger partial charge in [0.2, 0.25) is 0 Å². The molecule has 1 aromatic heterocycles. The Morgan fingerprint density at radius 2 is 1.91 bits per heavy atom. The highest BCUT2D eigenvalue weighted by Crippen LogP contribution is 2.26. The molecular formula is C15H15ClN2O3S. The van der Waals surface area contributed by atoms with Crippen LogP contribution >= 0.6 is 22.9 Å². The molecule has 2 N–H and O–H groups in total. The summed E-state index contributed by atoms with van der Waals surface area (Å²) in [7, 11) is 0. The number of aryl methyl sites for hydroxylation is 2. The van der Waals surface area contributed by atoms with Crippen LogP contribution in [0.3, 0.4) is 0 Å². The lowest BCUT2D eigenvalue weighted by Gasteiger charge is -2.12. The molecule has 0 radical (unpaired) electrons. The number of thiophene rings is 1. The third-order valence-corrected chi connectivity index (χ3v) is 3.92. The normalized spacial score (nSPS) is 10.1. The molecule has 0 bridgehead atoms. The zero-order chi connectivity index (χ0) is 16.1. The van der Waals surface area contributed by atoms with Crippen LogP contribution in [0.1, 0.15) is 20.8 Å². The predicted octanol–water partition coefficient (Wildman–Crippen LogP) is 2.86. The quantitative estimate of drug-likeness (QED) is 0.842. The number of amides is 2. The molecule has 1 aromatic carbocycles. The number of halogens is 1. The van der Waals surface area contributed by atoms with Crippen LogP contribution in [0, 0.1) is 13.8 Å². The summed E-state index contributed by atoms with van der Waals surface area (Å²) in [5.41, 5.74) is 6.33. The van der Waals surface area contributed by atoms with Crippen molar-refractivity contribution in [1.29, 1.82) is 0 Å². The molecule has 0 aliphatic rings. The number of ether oxygens (including phenoxy) is 1. The highest BCUT2D eigenvalue weighted by Gasteiger charge is 2.11. The van der Waals surface area contributed by atoms with E-state index in [1.54, 1.807) is 29.6 Å². The van der Waals surface area contributed by atoms with Crippen molar-refractivity contribution >= 4 is 34.8 Å². The van der Waals surface area contributed by atoms with Crippen LogP contribution in [0.15, 0.2) is 29.6 Å². The first kappa shape index (κ1) is 16.3. The predicted molar refractivity (Wildman–Crippen MR) is 86.3 cm³/mol. The first-order chi connectivity index (χ1) is 10.5. The Hall–Kier alpha value is -2.05. The Balaban J connectivity index is 1.85. The molecule has 0 atom stereocenters. The maximum absolute atomic E-state index is 11.7. The third-order valence-electron chi connectivity index (χ3n) is 2.83. The summed E-state index contributed by atoms with van der Waals surface area (Å²) in [6, 6.07) is 6.96. The molecule has 0 aliphatic heterocycles. The summed E-state index contributed by atoms with van der Waals surface area (Å²) >= 11 is 7.23. The molecule has 22 heavy (non-hydrogen) atoms. The molecule has 2 rings (SSSR count). The highest BCUT2D eigenvalue weighted by atomic mass is 35.5. The van der Waals surface area contributed by atoms with Gasteiger partial charge in [-0.15, -0.1) is 11.3 Å². The minimum Gasteiger partial charge on any atom is -0.483 e. The molecule has 5 nitrogen and oxygen atoms in total. The highest BCUT2D eigenvalue weighted by molar-refractivity contribution is 7.12. The van der Waals surface area contributed by atoms with Gasteiger partial charge in [-0.05, 0) is 48.6 Å². The fourth-order valence-electron chi connectivity index (χ4n) is 1.89. The molecule has 7 heteroatoms. The monoisotopic (exact) mass is 338 g/mol. The Bertz CT molecular complexity index is 663. The van der Waals surface area contributed by atoms with Crippen LogP contribution in [0.25, 0.3) is 0 Å². The van der Waals surface area contributed by atoms with E-state index in [9.17, 15) is 9.59 Å². The van der Waals surface area contributed by atoms with Gasteiger partial charge in [0, 0.05) is 5.02 Å². The van der Waals surface area contributed by atoms with Gasteiger partial charge in [0.15, 0.2) is 6.61 Å². The third kappa shape index (κ3) is 4.22. The van der Waals surface area contributed by atoms with Crippen molar-refractivity contribution < 1.29 is 14.3 Å². The van der Waals surface area contributed by atoms with Crippen molar-refractivity contribution in [2.45, 2.75) is 13.8 Å². The van der Waals surface area contributed by atoms with Crippen molar-refractivity contribution in [3.05, 3.63) is 50.7 Å². The van der Waals surface area contributed by atoms with Gasteiger partial charge >= 0.3 is 0 Å². The van der Waals surface area contributed by atoms with Gasteiger partial charge in [-0.2, -0.15) is 0 Å². The van der Waals surface area contributed by atoms with E-state index in [1.807, 2.05) is 13.8 Å². The van der Waals surface area contributed by atoms with E-state index < -0.39 is 5.91 Å². The second kappa shape index (κ2) is 7.29. The van der Waals surface area contributed by atoms with Crippen LogP contribution in [0.5, 0.6) is 5.75 Å². The second-order valence-electron chi connectivity index (χ2n) is 4.64. The number of hydrogen-bond acceptors (Lipinski definition) is 4. The molecule has 116 valence electrons. The maximum Gasteiger partial charge on any atom is 0.279 e. The van der Waals surface area contributed by atoms with Crippen LogP contribution in [-0.2, 0) is 4.79 Å². The Kier molecular flexibility index (Phi) is 5.41. The van der Waals surface area contributed by atoms with E-state index in [0.29, 0.717) is 15.6 Å². The molecule has 0 saturated heterocycles. The van der Waals surface area contributed by atoms with Gasteiger partial charge in [-0.3, -0.25) is 20.4 Å². The Morgan fingerprint density at radius 1 is 1.23 bits per heavy atom. The van der Waals surface area contributed by atoms with Crippen molar-refractivity contribution in [3.8, 4) is 5.75 Å². The lowest BCUT2D eigenvalue weighted by molar-refractivity contribution is -0.123. The molecule has 0 fully saturated rings.